The van der Waals surface area contributed by atoms with Crippen molar-refractivity contribution in [3.8, 4) is 0 Å². The molecule has 0 bridgehead atoms. The van der Waals surface area contributed by atoms with Gasteiger partial charge in [0.1, 0.15) is 5.82 Å². The predicted molar refractivity (Wildman–Crippen MR) is 93.9 cm³/mol. The molecule has 3 aromatic rings. The number of carbonyl (C=O) groups excluding carboxylic acids is 1. The van der Waals surface area contributed by atoms with E-state index >= 15 is 0 Å². The number of carbonyl (C=O) groups is 1. The SMILES string of the molecule is O=C(NCc1nc2ncccc2[nH]1)C1(c2ccccc2)CCOCC1. The van der Waals surface area contributed by atoms with E-state index in [4.69, 9.17) is 4.74 Å². The highest BCUT2D eigenvalue weighted by molar-refractivity contribution is 5.88. The number of nitrogens with one attached hydrogen (secondary N) is 2. The van der Waals surface area contributed by atoms with Crippen molar-refractivity contribution in [1.29, 1.82) is 0 Å². The second-order valence-electron chi connectivity index (χ2n) is 6.30. The van der Waals surface area contributed by atoms with Crippen molar-refractivity contribution in [2.45, 2.75) is 24.8 Å². The van der Waals surface area contributed by atoms with Crippen LogP contribution in [-0.4, -0.2) is 34.1 Å². The Kier molecular flexibility index (Phi) is 4.19. The lowest BCUT2D eigenvalue weighted by atomic mass is 9.73. The summed E-state index contributed by atoms with van der Waals surface area (Å²) in [5.74, 6) is 0.729. The van der Waals surface area contributed by atoms with Crippen LogP contribution in [0.4, 0.5) is 0 Å². The van der Waals surface area contributed by atoms with Gasteiger partial charge >= 0.3 is 0 Å². The highest BCUT2D eigenvalue weighted by Gasteiger charge is 2.41. The van der Waals surface area contributed by atoms with Crippen LogP contribution in [-0.2, 0) is 21.5 Å². The van der Waals surface area contributed by atoms with Crippen LogP contribution in [0.1, 0.15) is 24.2 Å². The molecule has 0 unspecified atom stereocenters. The van der Waals surface area contributed by atoms with E-state index < -0.39 is 5.41 Å². The Bertz CT molecular complexity index is 836. The number of nitrogens with zero attached hydrogens (tertiary/aromatic N) is 2. The number of hydrogen-bond acceptors (Lipinski definition) is 4. The number of rotatable bonds is 4. The van der Waals surface area contributed by atoms with Crippen molar-refractivity contribution >= 4 is 17.1 Å². The predicted octanol–water partition coefficient (Wildman–Crippen LogP) is 2.32. The van der Waals surface area contributed by atoms with Crippen molar-refractivity contribution in [3.63, 3.8) is 0 Å². The minimum absolute atomic E-state index is 0.0235. The zero-order valence-corrected chi connectivity index (χ0v) is 13.9. The molecule has 1 aliphatic heterocycles. The molecule has 1 aliphatic rings. The van der Waals surface area contributed by atoms with Crippen LogP contribution in [0, 0.1) is 0 Å². The van der Waals surface area contributed by atoms with Crippen molar-refractivity contribution in [2.24, 2.45) is 0 Å². The monoisotopic (exact) mass is 336 g/mol. The molecule has 2 aromatic heterocycles. The van der Waals surface area contributed by atoms with Crippen LogP contribution < -0.4 is 5.32 Å². The summed E-state index contributed by atoms with van der Waals surface area (Å²) in [4.78, 5) is 24.9. The van der Waals surface area contributed by atoms with Crippen molar-refractivity contribution in [1.82, 2.24) is 20.3 Å². The number of ether oxygens (including phenoxy) is 1. The number of imidazole rings is 1. The van der Waals surface area contributed by atoms with Crippen molar-refractivity contribution in [2.75, 3.05) is 13.2 Å². The van der Waals surface area contributed by atoms with Crippen LogP contribution in [0.15, 0.2) is 48.7 Å². The standard InChI is InChI=1S/C19H20N4O2/c24-18(21-13-16-22-15-7-4-10-20-17(15)23-16)19(8-11-25-12-9-19)14-5-2-1-3-6-14/h1-7,10H,8-9,11-13H2,(H,21,24)(H,20,22,23). The molecule has 3 heterocycles. The maximum Gasteiger partial charge on any atom is 0.231 e. The molecule has 0 aliphatic carbocycles. The summed E-state index contributed by atoms with van der Waals surface area (Å²) in [6.07, 6.45) is 3.08. The number of hydrogen-bond donors (Lipinski definition) is 2. The average molecular weight is 336 g/mol. The maximum atomic E-state index is 13.1. The van der Waals surface area contributed by atoms with Gasteiger partial charge in [0.2, 0.25) is 5.91 Å². The van der Waals surface area contributed by atoms with Gasteiger partial charge < -0.3 is 15.0 Å². The lowest BCUT2D eigenvalue weighted by Crippen LogP contribution is -2.47. The van der Waals surface area contributed by atoms with Gasteiger partial charge in [-0.2, -0.15) is 0 Å². The summed E-state index contributed by atoms with van der Waals surface area (Å²) in [5, 5.41) is 3.05. The molecule has 0 atom stereocenters. The summed E-state index contributed by atoms with van der Waals surface area (Å²) in [6, 6.07) is 13.7. The van der Waals surface area contributed by atoms with Crippen molar-refractivity contribution < 1.29 is 9.53 Å². The molecule has 1 amide bonds. The fourth-order valence-corrected chi connectivity index (χ4v) is 3.44. The highest BCUT2D eigenvalue weighted by atomic mass is 16.5. The van der Waals surface area contributed by atoms with Crippen molar-refractivity contribution in [3.05, 3.63) is 60.0 Å². The largest absolute Gasteiger partial charge is 0.381 e. The Morgan fingerprint density at radius 3 is 2.72 bits per heavy atom. The quantitative estimate of drug-likeness (QED) is 0.766. The summed E-state index contributed by atoms with van der Waals surface area (Å²) in [7, 11) is 0. The van der Waals surface area contributed by atoms with Gasteiger partial charge in [-0.1, -0.05) is 30.3 Å². The molecule has 0 radical (unpaired) electrons. The summed E-state index contributed by atoms with van der Waals surface area (Å²) in [5.41, 5.74) is 2.04. The first kappa shape index (κ1) is 15.8. The minimum Gasteiger partial charge on any atom is -0.381 e. The third-order valence-electron chi connectivity index (χ3n) is 4.83. The van der Waals surface area contributed by atoms with E-state index in [9.17, 15) is 4.79 Å². The molecule has 6 nitrogen and oxygen atoms in total. The summed E-state index contributed by atoms with van der Waals surface area (Å²) in [6.45, 7) is 1.54. The first-order valence-corrected chi connectivity index (χ1v) is 8.49. The zero-order valence-electron chi connectivity index (χ0n) is 13.9. The van der Waals surface area contributed by atoms with E-state index in [1.165, 1.54) is 0 Å². The molecule has 6 heteroatoms. The minimum atomic E-state index is -0.538. The fourth-order valence-electron chi connectivity index (χ4n) is 3.44. The van der Waals surface area contributed by atoms with Crippen LogP contribution >= 0.6 is 0 Å². The molecular formula is C19H20N4O2. The Morgan fingerprint density at radius 2 is 1.96 bits per heavy atom. The Hall–Kier alpha value is -2.73. The summed E-state index contributed by atoms with van der Waals surface area (Å²) >= 11 is 0. The fraction of sp³-hybridized carbons (Fsp3) is 0.316. The van der Waals surface area contributed by atoms with Gasteiger partial charge in [-0.05, 0) is 30.5 Å². The molecular weight excluding hydrogens is 316 g/mol. The van der Waals surface area contributed by atoms with Crippen LogP contribution in [0.5, 0.6) is 0 Å². The first-order valence-electron chi connectivity index (χ1n) is 8.49. The molecule has 128 valence electrons. The molecule has 4 rings (SSSR count). The van der Waals surface area contributed by atoms with E-state index in [1.807, 2.05) is 42.5 Å². The second-order valence-corrected chi connectivity index (χ2v) is 6.30. The van der Waals surface area contributed by atoms with Gasteiger partial charge in [0.05, 0.1) is 17.5 Å². The number of fused-ring (bicyclic) bond motifs is 1. The van der Waals surface area contributed by atoms with E-state index in [-0.39, 0.29) is 5.91 Å². The second kappa shape index (κ2) is 6.64. The molecule has 0 spiro atoms. The molecule has 25 heavy (non-hydrogen) atoms. The lowest BCUT2D eigenvalue weighted by molar-refractivity contribution is -0.130. The van der Waals surface area contributed by atoms with Gasteiger partial charge in [-0.15, -0.1) is 0 Å². The average Bonchev–Trinajstić information content (AvgIpc) is 3.10. The van der Waals surface area contributed by atoms with E-state index in [0.717, 1.165) is 11.1 Å². The first-order chi connectivity index (χ1) is 12.3. The Labute approximate surface area is 145 Å². The smallest absolute Gasteiger partial charge is 0.231 e. The number of amides is 1. The third-order valence-corrected chi connectivity index (χ3v) is 4.83. The number of H-pyrrole nitrogens is 1. The molecule has 1 aromatic carbocycles. The molecule has 0 saturated carbocycles. The Morgan fingerprint density at radius 1 is 1.16 bits per heavy atom. The topological polar surface area (TPSA) is 79.9 Å². The van der Waals surface area contributed by atoms with Gasteiger partial charge in [-0.3, -0.25) is 4.79 Å². The number of aromatic amines is 1. The van der Waals surface area contributed by atoms with E-state index in [0.29, 0.717) is 44.1 Å². The highest BCUT2D eigenvalue weighted by Crippen LogP contribution is 2.35. The third kappa shape index (κ3) is 3.00. The normalized spacial score (nSPS) is 16.6. The van der Waals surface area contributed by atoms with Gasteiger partial charge in [0.25, 0.3) is 0 Å². The van der Waals surface area contributed by atoms with Crippen LogP contribution in [0.2, 0.25) is 0 Å². The van der Waals surface area contributed by atoms with Gasteiger partial charge in [-0.25, -0.2) is 9.97 Å². The Balaban J connectivity index is 1.54. The number of pyridine rings is 1. The zero-order chi connectivity index (χ0) is 17.1. The lowest BCUT2D eigenvalue weighted by Gasteiger charge is -2.36. The van der Waals surface area contributed by atoms with E-state index in [2.05, 4.69) is 20.3 Å². The van der Waals surface area contributed by atoms with Crippen LogP contribution in [0.25, 0.3) is 11.2 Å². The maximum absolute atomic E-state index is 13.1. The number of aromatic nitrogens is 3. The molecule has 2 N–H and O–H groups in total. The van der Waals surface area contributed by atoms with E-state index in [1.54, 1.807) is 6.20 Å². The molecule has 1 fully saturated rings. The van der Waals surface area contributed by atoms with Gasteiger partial charge in [0.15, 0.2) is 5.65 Å². The molecule has 1 saturated heterocycles. The van der Waals surface area contributed by atoms with Gasteiger partial charge in [0, 0.05) is 19.4 Å². The number of benzene rings is 1. The van der Waals surface area contributed by atoms with Crippen LogP contribution in [0.3, 0.4) is 0 Å². The summed E-state index contributed by atoms with van der Waals surface area (Å²) < 4.78 is 5.49.